The van der Waals surface area contributed by atoms with Crippen LogP contribution in [-0.4, -0.2) is 0 Å². The fraction of sp³-hybridized carbons (Fsp3) is 0.143. The second-order valence-electron chi connectivity index (χ2n) is 3.91. The van der Waals surface area contributed by atoms with Crippen LogP contribution in [0.15, 0.2) is 36.4 Å². The number of nitrogens with two attached hydrogens (primary N) is 1. The molecule has 18 heavy (non-hydrogen) atoms. The average Bonchev–Trinajstić information content (AvgIpc) is 2.34. The van der Waals surface area contributed by atoms with Crippen LogP contribution in [0.4, 0.5) is 5.69 Å². The van der Waals surface area contributed by atoms with Gasteiger partial charge in [0, 0.05) is 5.69 Å². The zero-order chi connectivity index (χ0) is 13.1. The van der Waals surface area contributed by atoms with Crippen LogP contribution in [0.1, 0.15) is 12.5 Å². The van der Waals surface area contributed by atoms with E-state index in [1.54, 1.807) is 12.1 Å². The first kappa shape index (κ1) is 13.1. The van der Waals surface area contributed by atoms with Gasteiger partial charge in [-0.1, -0.05) is 42.3 Å². The molecule has 0 bridgehead atoms. The van der Waals surface area contributed by atoms with Crippen LogP contribution < -0.4 is 10.5 Å². The van der Waals surface area contributed by atoms with E-state index in [0.29, 0.717) is 27.2 Å². The monoisotopic (exact) mass is 281 g/mol. The highest BCUT2D eigenvalue weighted by atomic mass is 35.5. The lowest BCUT2D eigenvalue weighted by Gasteiger charge is -2.10. The molecular formula is C14H13Cl2NO. The van der Waals surface area contributed by atoms with Gasteiger partial charge < -0.3 is 10.5 Å². The van der Waals surface area contributed by atoms with Crippen LogP contribution in [0.25, 0.3) is 0 Å². The number of aryl methyl sites for hydroxylation is 1. The van der Waals surface area contributed by atoms with Gasteiger partial charge in [0.25, 0.3) is 0 Å². The first-order chi connectivity index (χ1) is 8.60. The van der Waals surface area contributed by atoms with Crippen molar-refractivity contribution in [1.82, 2.24) is 0 Å². The van der Waals surface area contributed by atoms with Crippen molar-refractivity contribution in [3.63, 3.8) is 0 Å². The molecule has 0 saturated carbocycles. The summed E-state index contributed by atoms with van der Waals surface area (Å²) >= 11 is 12.1. The predicted octanol–water partition coefficient (Wildman–Crippen LogP) is 4.93. The van der Waals surface area contributed by atoms with Gasteiger partial charge in [-0.3, -0.25) is 0 Å². The number of hydrogen-bond donors (Lipinski definition) is 1. The fourth-order valence-electron chi connectivity index (χ4n) is 1.59. The Balaban J connectivity index is 2.28. The van der Waals surface area contributed by atoms with Gasteiger partial charge in [0.15, 0.2) is 5.75 Å². The van der Waals surface area contributed by atoms with Crippen LogP contribution >= 0.6 is 23.2 Å². The highest BCUT2D eigenvalue weighted by Gasteiger charge is 2.09. The minimum absolute atomic E-state index is 0.402. The lowest BCUT2D eigenvalue weighted by Crippen LogP contribution is -1.90. The minimum Gasteiger partial charge on any atom is -0.454 e. The summed E-state index contributed by atoms with van der Waals surface area (Å²) in [6.07, 6.45) is 0.990. The molecule has 0 aliphatic heterocycles. The Hall–Kier alpha value is -1.38. The van der Waals surface area contributed by atoms with E-state index in [0.717, 1.165) is 6.42 Å². The third-order valence-corrected chi connectivity index (χ3v) is 3.13. The molecule has 0 aliphatic rings. The predicted molar refractivity (Wildman–Crippen MR) is 76.8 cm³/mol. The number of nitrogen functional groups attached to an aromatic ring is 1. The molecule has 0 atom stereocenters. The first-order valence-corrected chi connectivity index (χ1v) is 6.37. The van der Waals surface area contributed by atoms with Crippen molar-refractivity contribution in [2.24, 2.45) is 0 Å². The van der Waals surface area contributed by atoms with Crippen molar-refractivity contribution in [3.8, 4) is 11.5 Å². The molecule has 0 aromatic heterocycles. The van der Waals surface area contributed by atoms with E-state index >= 15 is 0 Å². The normalized spacial score (nSPS) is 10.4. The SMILES string of the molecule is CCc1ccc(Oc2c(Cl)cc(N)cc2Cl)cc1. The van der Waals surface area contributed by atoms with Crippen LogP contribution in [0.2, 0.25) is 10.0 Å². The Labute approximate surface area is 116 Å². The summed E-state index contributed by atoms with van der Waals surface area (Å²) in [5, 5.41) is 0.805. The Morgan fingerprint density at radius 2 is 1.61 bits per heavy atom. The van der Waals surface area contributed by atoms with Gasteiger partial charge in [-0.05, 0) is 36.2 Å². The lowest BCUT2D eigenvalue weighted by atomic mass is 10.2. The van der Waals surface area contributed by atoms with Crippen molar-refractivity contribution < 1.29 is 4.74 Å². The molecule has 2 nitrogen and oxygen atoms in total. The van der Waals surface area contributed by atoms with E-state index < -0.39 is 0 Å². The second kappa shape index (κ2) is 5.51. The molecule has 2 rings (SSSR count). The first-order valence-electron chi connectivity index (χ1n) is 5.61. The van der Waals surface area contributed by atoms with Gasteiger partial charge in [0.1, 0.15) is 5.75 Å². The van der Waals surface area contributed by atoms with Gasteiger partial charge in [0.2, 0.25) is 0 Å². The third-order valence-electron chi connectivity index (χ3n) is 2.57. The van der Waals surface area contributed by atoms with Crippen LogP contribution in [0, 0.1) is 0 Å². The van der Waals surface area contributed by atoms with E-state index in [1.807, 2.05) is 24.3 Å². The summed E-state index contributed by atoms with van der Waals surface area (Å²) in [6, 6.07) is 11.0. The fourth-order valence-corrected chi connectivity index (χ4v) is 2.17. The lowest BCUT2D eigenvalue weighted by molar-refractivity contribution is 0.483. The quantitative estimate of drug-likeness (QED) is 0.810. The van der Waals surface area contributed by atoms with E-state index in [2.05, 4.69) is 6.92 Å². The van der Waals surface area contributed by atoms with Gasteiger partial charge in [-0.2, -0.15) is 0 Å². The van der Waals surface area contributed by atoms with Crippen molar-refractivity contribution in [2.45, 2.75) is 13.3 Å². The maximum Gasteiger partial charge on any atom is 0.164 e. The molecule has 2 N–H and O–H groups in total. The van der Waals surface area contributed by atoms with E-state index in [4.69, 9.17) is 33.7 Å². The molecule has 0 amide bonds. The van der Waals surface area contributed by atoms with Crippen molar-refractivity contribution in [2.75, 3.05) is 5.73 Å². The maximum absolute atomic E-state index is 6.05. The smallest absolute Gasteiger partial charge is 0.164 e. The summed E-state index contributed by atoms with van der Waals surface area (Å²) in [4.78, 5) is 0. The highest BCUT2D eigenvalue weighted by molar-refractivity contribution is 6.37. The number of benzene rings is 2. The van der Waals surface area contributed by atoms with Gasteiger partial charge in [-0.25, -0.2) is 0 Å². The molecule has 0 heterocycles. The number of halogens is 2. The van der Waals surface area contributed by atoms with Crippen molar-refractivity contribution in [1.29, 1.82) is 0 Å². The Morgan fingerprint density at radius 1 is 1.06 bits per heavy atom. The topological polar surface area (TPSA) is 35.2 Å². The minimum atomic E-state index is 0.402. The summed E-state index contributed by atoms with van der Waals surface area (Å²) in [5.74, 6) is 1.12. The maximum atomic E-state index is 6.05. The molecule has 2 aromatic carbocycles. The molecule has 2 aromatic rings. The van der Waals surface area contributed by atoms with Gasteiger partial charge >= 0.3 is 0 Å². The van der Waals surface area contributed by atoms with Gasteiger partial charge in [-0.15, -0.1) is 0 Å². The van der Waals surface area contributed by atoms with E-state index in [-0.39, 0.29) is 0 Å². The zero-order valence-corrected chi connectivity index (χ0v) is 11.4. The molecular weight excluding hydrogens is 269 g/mol. The van der Waals surface area contributed by atoms with Crippen LogP contribution in [-0.2, 0) is 6.42 Å². The third kappa shape index (κ3) is 2.89. The van der Waals surface area contributed by atoms with Crippen LogP contribution in [0.5, 0.6) is 11.5 Å². The Bertz CT molecular complexity index is 529. The summed E-state index contributed by atoms with van der Waals surface area (Å²) in [7, 11) is 0. The summed E-state index contributed by atoms with van der Waals surface area (Å²) in [5.41, 5.74) is 7.39. The zero-order valence-electron chi connectivity index (χ0n) is 9.91. The summed E-state index contributed by atoms with van der Waals surface area (Å²) < 4.78 is 5.67. The molecule has 0 spiro atoms. The number of anilines is 1. The molecule has 0 saturated heterocycles. The van der Waals surface area contributed by atoms with Gasteiger partial charge in [0.05, 0.1) is 10.0 Å². The molecule has 94 valence electrons. The Morgan fingerprint density at radius 3 is 2.11 bits per heavy atom. The van der Waals surface area contributed by atoms with Crippen molar-refractivity contribution in [3.05, 3.63) is 52.0 Å². The summed E-state index contributed by atoms with van der Waals surface area (Å²) in [6.45, 7) is 2.10. The number of rotatable bonds is 3. The van der Waals surface area contributed by atoms with E-state index in [1.165, 1.54) is 5.56 Å². The molecule has 0 unspecified atom stereocenters. The van der Waals surface area contributed by atoms with Crippen molar-refractivity contribution >= 4 is 28.9 Å². The number of ether oxygens (including phenoxy) is 1. The Kier molecular flexibility index (Phi) is 4.00. The largest absolute Gasteiger partial charge is 0.454 e. The molecule has 0 radical (unpaired) electrons. The van der Waals surface area contributed by atoms with E-state index in [9.17, 15) is 0 Å². The van der Waals surface area contributed by atoms with Crippen LogP contribution in [0.3, 0.4) is 0 Å². The second-order valence-corrected chi connectivity index (χ2v) is 4.73. The molecule has 4 heteroatoms. The highest BCUT2D eigenvalue weighted by Crippen LogP contribution is 2.38. The molecule has 0 aliphatic carbocycles. The molecule has 0 fully saturated rings. The standard InChI is InChI=1S/C14H13Cl2NO/c1-2-9-3-5-11(6-4-9)18-14-12(15)7-10(17)8-13(14)16/h3-8H,2,17H2,1H3. The number of hydrogen-bond acceptors (Lipinski definition) is 2. The average molecular weight is 282 g/mol.